The highest BCUT2D eigenvalue weighted by Gasteiger charge is 2.44. The van der Waals surface area contributed by atoms with Crippen LogP contribution in [0.2, 0.25) is 0 Å². The average molecular weight is 818 g/mol. The SMILES string of the molecule is CC(C)(C)c1ccc(N2c3ccc(Oc4ccccn4)cc3B3c4cc(-c5nc6ccccc6n5-c5ccccc5)ccc4N(c4ccc(C(C)(C)C)cc4)c4cccc2c43)cc1. The Morgan fingerprint density at radius 1 is 0.492 bits per heavy atom. The van der Waals surface area contributed by atoms with Gasteiger partial charge in [0.15, 0.2) is 0 Å². The van der Waals surface area contributed by atoms with E-state index < -0.39 is 0 Å². The molecule has 6 nitrogen and oxygen atoms in total. The van der Waals surface area contributed by atoms with Gasteiger partial charge >= 0.3 is 0 Å². The Hall–Kier alpha value is -7.38. The third-order valence-electron chi connectivity index (χ3n) is 12.6. The van der Waals surface area contributed by atoms with E-state index in [2.05, 4.69) is 219 Å². The lowest BCUT2D eigenvalue weighted by atomic mass is 9.33. The summed E-state index contributed by atoms with van der Waals surface area (Å²) >= 11 is 0. The minimum absolute atomic E-state index is 0.0241. The largest absolute Gasteiger partial charge is 0.439 e. The van der Waals surface area contributed by atoms with E-state index in [1.165, 1.54) is 22.1 Å². The van der Waals surface area contributed by atoms with Gasteiger partial charge in [0.25, 0.3) is 6.71 Å². The number of pyridine rings is 1. The van der Waals surface area contributed by atoms with E-state index >= 15 is 0 Å². The van der Waals surface area contributed by atoms with Crippen LogP contribution in [-0.4, -0.2) is 21.2 Å². The molecule has 0 atom stereocenters. The Morgan fingerprint density at radius 3 is 1.70 bits per heavy atom. The first kappa shape index (κ1) is 38.5. The summed E-state index contributed by atoms with van der Waals surface area (Å²) in [5, 5.41) is 0. The van der Waals surface area contributed by atoms with Crippen molar-refractivity contribution in [1.82, 2.24) is 14.5 Å². The average Bonchev–Trinajstić information content (AvgIpc) is 3.69. The molecule has 2 aromatic heterocycles. The molecule has 0 unspecified atom stereocenters. The van der Waals surface area contributed by atoms with Crippen molar-refractivity contribution in [3.8, 4) is 28.7 Å². The molecular formula is C56H48BN5O. The molecule has 0 saturated carbocycles. The van der Waals surface area contributed by atoms with Gasteiger partial charge in [0.05, 0.1) is 11.0 Å². The zero-order valence-electron chi connectivity index (χ0n) is 36.5. The molecule has 0 aliphatic carbocycles. The zero-order chi connectivity index (χ0) is 43.0. The van der Waals surface area contributed by atoms with E-state index in [1.807, 2.05) is 18.2 Å². The summed E-state index contributed by atoms with van der Waals surface area (Å²) in [7, 11) is 0. The van der Waals surface area contributed by atoms with E-state index in [-0.39, 0.29) is 17.5 Å². The van der Waals surface area contributed by atoms with E-state index in [4.69, 9.17) is 9.72 Å². The van der Waals surface area contributed by atoms with Gasteiger partial charge in [0.1, 0.15) is 11.6 Å². The second-order valence-corrected chi connectivity index (χ2v) is 18.8. The Balaban J connectivity index is 1.18. The van der Waals surface area contributed by atoms with Crippen LogP contribution in [0.25, 0.3) is 28.1 Å². The van der Waals surface area contributed by atoms with Crippen LogP contribution in [0.15, 0.2) is 182 Å². The van der Waals surface area contributed by atoms with Gasteiger partial charge in [0, 0.05) is 57.6 Å². The number of rotatable bonds is 6. The predicted molar refractivity (Wildman–Crippen MR) is 262 cm³/mol. The molecule has 2 aliphatic rings. The van der Waals surface area contributed by atoms with Crippen molar-refractivity contribution >= 4 is 68.3 Å². The van der Waals surface area contributed by atoms with E-state index in [1.54, 1.807) is 6.20 Å². The molecular weight excluding hydrogens is 769 g/mol. The lowest BCUT2D eigenvalue weighted by molar-refractivity contribution is 0.463. The lowest BCUT2D eigenvalue weighted by Crippen LogP contribution is -2.61. The van der Waals surface area contributed by atoms with Gasteiger partial charge < -0.3 is 14.5 Å². The summed E-state index contributed by atoms with van der Waals surface area (Å²) in [6.07, 6.45) is 1.77. The molecule has 63 heavy (non-hydrogen) atoms. The minimum Gasteiger partial charge on any atom is -0.439 e. The molecule has 0 bridgehead atoms. The van der Waals surface area contributed by atoms with E-state index in [0.717, 1.165) is 73.4 Å². The van der Waals surface area contributed by atoms with Gasteiger partial charge in [-0.3, -0.25) is 4.57 Å². The summed E-state index contributed by atoms with van der Waals surface area (Å²) in [5.74, 6) is 2.19. The number of benzene rings is 7. The second kappa shape index (κ2) is 14.6. The molecule has 0 radical (unpaired) electrons. The number of hydrogen-bond acceptors (Lipinski definition) is 5. The molecule has 4 heterocycles. The van der Waals surface area contributed by atoms with Crippen molar-refractivity contribution in [2.75, 3.05) is 9.80 Å². The Bertz CT molecular complexity index is 3150. The molecule has 0 saturated heterocycles. The number of hydrogen-bond donors (Lipinski definition) is 0. The van der Waals surface area contributed by atoms with Crippen molar-refractivity contribution in [3.05, 3.63) is 193 Å². The molecule has 0 fully saturated rings. The maximum Gasteiger partial charge on any atom is 0.252 e. The van der Waals surface area contributed by atoms with Gasteiger partial charge in [-0.1, -0.05) is 114 Å². The van der Waals surface area contributed by atoms with Crippen molar-refractivity contribution in [3.63, 3.8) is 0 Å². The summed E-state index contributed by atoms with van der Waals surface area (Å²) in [6.45, 7) is 13.5. The van der Waals surface area contributed by atoms with Crippen LogP contribution in [0.4, 0.5) is 34.1 Å². The Kier molecular flexibility index (Phi) is 8.95. The highest BCUT2D eigenvalue weighted by atomic mass is 16.5. The Morgan fingerprint density at radius 2 is 1.08 bits per heavy atom. The van der Waals surface area contributed by atoms with Crippen LogP contribution in [0.1, 0.15) is 52.7 Å². The Labute approximate surface area is 370 Å². The van der Waals surface area contributed by atoms with Crippen LogP contribution in [0.5, 0.6) is 11.6 Å². The maximum atomic E-state index is 6.52. The number of ether oxygens (including phenoxy) is 1. The van der Waals surface area contributed by atoms with Crippen molar-refractivity contribution < 1.29 is 4.74 Å². The zero-order valence-corrected chi connectivity index (χ0v) is 36.5. The predicted octanol–water partition coefficient (Wildman–Crippen LogP) is 12.6. The minimum atomic E-state index is -0.141. The van der Waals surface area contributed by atoms with Crippen LogP contribution >= 0.6 is 0 Å². The number of fused-ring (bicyclic) bond motifs is 5. The third kappa shape index (κ3) is 6.58. The quantitative estimate of drug-likeness (QED) is 0.156. The van der Waals surface area contributed by atoms with Gasteiger partial charge in [-0.05, 0) is 135 Å². The highest BCUT2D eigenvalue weighted by molar-refractivity contribution is 7.00. The first-order valence-corrected chi connectivity index (χ1v) is 21.9. The standard InChI is InChI=1S/C56H48BN5O/c1-55(2,3)38-23-27-41(28-24-38)60-47-32-22-37(54-59-46-17-10-11-18-49(46)62(54)40-15-8-7-9-16-40)35-44(47)57-45-36-43(63-52-21-12-13-34-58-52)31-33-48(45)61(51-20-14-19-50(60)53(51)57)42-29-25-39(26-30-42)56(4,5)6/h7-36H,1-6H3. The smallest absolute Gasteiger partial charge is 0.252 e. The molecule has 11 rings (SSSR count). The monoisotopic (exact) mass is 817 g/mol. The van der Waals surface area contributed by atoms with Crippen LogP contribution < -0.4 is 30.9 Å². The molecule has 0 N–H and O–H groups in total. The second-order valence-electron chi connectivity index (χ2n) is 18.8. The number of anilines is 6. The van der Waals surface area contributed by atoms with E-state index in [0.29, 0.717) is 5.88 Å². The fraction of sp³-hybridized carbons (Fsp3) is 0.143. The van der Waals surface area contributed by atoms with Gasteiger partial charge in [-0.2, -0.15) is 0 Å². The first-order valence-electron chi connectivity index (χ1n) is 21.9. The maximum absolute atomic E-state index is 6.52. The summed E-state index contributed by atoms with van der Waals surface area (Å²) < 4.78 is 8.81. The molecule has 7 heteroatoms. The van der Waals surface area contributed by atoms with Crippen molar-refractivity contribution in [2.45, 2.75) is 52.4 Å². The number of nitrogens with zero attached hydrogens (tertiary/aromatic N) is 5. The normalized spacial score (nSPS) is 13.1. The van der Waals surface area contributed by atoms with Gasteiger partial charge in [-0.25, -0.2) is 9.97 Å². The van der Waals surface area contributed by atoms with Gasteiger partial charge in [-0.15, -0.1) is 0 Å². The summed E-state index contributed by atoms with van der Waals surface area (Å²) in [5.41, 5.74) is 17.1. The van der Waals surface area contributed by atoms with E-state index in [9.17, 15) is 0 Å². The molecule has 2 aliphatic heterocycles. The lowest BCUT2D eigenvalue weighted by Gasteiger charge is -2.44. The number of aromatic nitrogens is 3. The molecule has 9 aromatic rings. The molecule has 7 aromatic carbocycles. The summed E-state index contributed by atoms with van der Waals surface area (Å²) in [6, 6.07) is 63.2. The fourth-order valence-corrected chi connectivity index (χ4v) is 9.49. The topological polar surface area (TPSA) is 46.4 Å². The molecule has 0 spiro atoms. The van der Waals surface area contributed by atoms with Crippen LogP contribution in [-0.2, 0) is 10.8 Å². The van der Waals surface area contributed by atoms with Crippen LogP contribution in [0.3, 0.4) is 0 Å². The highest BCUT2D eigenvalue weighted by Crippen LogP contribution is 2.45. The fourth-order valence-electron chi connectivity index (χ4n) is 9.49. The number of para-hydroxylation sites is 3. The first-order chi connectivity index (χ1) is 30.5. The molecule has 0 amide bonds. The summed E-state index contributed by atoms with van der Waals surface area (Å²) in [4.78, 5) is 14.8. The van der Waals surface area contributed by atoms with Crippen molar-refractivity contribution in [2.24, 2.45) is 0 Å². The van der Waals surface area contributed by atoms with Crippen molar-refractivity contribution in [1.29, 1.82) is 0 Å². The third-order valence-corrected chi connectivity index (χ3v) is 12.6. The van der Waals surface area contributed by atoms with Gasteiger partial charge in [0.2, 0.25) is 5.88 Å². The number of imidazole rings is 1. The molecule has 306 valence electrons. The van der Waals surface area contributed by atoms with Crippen LogP contribution in [0, 0.1) is 0 Å².